The molecule has 0 bridgehead atoms. The molecule has 1 aliphatic rings. The number of hydrogen-bond acceptors (Lipinski definition) is 2. The van der Waals surface area contributed by atoms with Crippen LogP contribution < -0.4 is 0 Å². The van der Waals surface area contributed by atoms with E-state index in [0.717, 1.165) is 24.7 Å². The van der Waals surface area contributed by atoms with Crippen LogP contribution in [0.3, 0.4) is 0 Å². The van der Waals surface area contributed by atoms with Crippen LogP contribution in [0.1, 0.15) is 40.5 Å². The monoisotopic (exact) mass is 306 g/mol. The number of carbonyl (C=O) groups is 1. The zero-order valence-electron chi connectivity index (χ0n) is 14.6. The molecule has 0 aromatic carbocycles. The molecule has 0 saturated carbocycles. The molecule has 0 N–H and O–H groups in total. The van der Waals surface area contributed by atoms with Gasteiger partial charge in [0, 0.05) is 0 Å². The van der Waals surface area contributed by atoms with Crippen LogP contribution in [-0.4, -0.2) is 20.7 Å². The number of aldehydes is 1. The van der Waals surface area contributed by atoms with E-state index >= 15 is 0 Å². The Labute approximate surface area is 131 Å². The van der Waals surface area contributed by atoms with Gasteiger partial charge in [0.1, 0.15) is 6.29 Å². The van der Waals surface area contributed by atoms with E-state index in [0.29, 0.717) is 0 Å². The van der Waals surface area contributed by atoms with Crippen LogP contribution in [0.2, 0.25) is 19.6 Å². The van der Waals surface area contributed by atoms with Crippen molar-refractivity contribution in [1.82, 2.24) is 0 Å². The normalized spacial score (nSPS) is 23.8. The van der Waals surface area contributed by atoms with Gasteiger partial charge in [0.2, 0.25) is 0 Å². The Hall–Kier alpha value is -0.933. The Kier molecular flexibility index (Phi) is 5.94. The van der Waals surface area contributed by atoms with E-state index in [1.54, 1.807) is 6.08 Å². The molecule has 1 atom stereocenters. The molecule has 0 fully saturated rings. The third-order valence-corrected chi connectivity index (χ3v) is 5.00. The molecule has 0 radical (unpaired) electrons. The Morgan fingerprint density at radius 2 is 1.95 bits per heavy atom. The molecule has 1 rings (SSSR count). The second-order valence-corrected chi connectivity index (χ2v) is 12.1. The minimum Gasteiger partial charge on any atom is -0.411 e. The zero-order chi connectivity index (χ0) is 16.3. The predicted molar refractivity (Wildman–Crippen MR) is 92.9 cm³/mol. The number of allylic oxidation sites excluding steroid dienone is 5. The van der Waals surface area contributed by atoms with Gasteiger partial charge in [-0.3, -0.25) is 4.79 Å². The van der Waals surface area contributed by atoms with E-state index in [2.05, 4.69) is 46.5 Å². The molecular formula is C18H30O2Si. The largest absolute Gasteiger partial charge is 0.411 e. The highest BCUT2D eigenvalue weighted by Gasteiger charge is 2.34. The van der Waals surface area contributed by atoms with Crippen molar-refractivity contribution in [1.29, 1.82) is 0 Å². The molecule has 0 amide bonds. The van der Waals surface area contributed by atoms with E-state index in [1.165, 1.54) is 11.1 Å². The van der Waals surface area contributed by atoms with Crippen LogP contribution in [0, 0.1) is 5.41 Å². The van der Waals surface area contributed by atoms with Crippen molar-refractivity contribution in [3.05, 3.63) is 34.9 Å². The van der Waals surface area contributed by atoms with Crippen molar-refractivity contribution < 1.29 is 9.22 Å². The van der Waals surface area contributed by atoms with Gasteiger partial charge in [-0.1, -0.05) is 26.0 Å². The Morgan fingerprint density at radius 3 is 2.48 bits per heavy atom. The topological polar surface area (TPSA) is 26.3 Å². The van der Waals surface area contributed by atoms with Gasteiger partial charge < -0.3 is 4.43 Å². The van der Waals surface area contributed by atoms with Gasteiger partial charge in [-0.2, -0.15) is 0 Å². The molecule has 2 nitrogen and oxygen atoms in total. The number of hydrogen-bond donors (Lipinski definition) is 0. The van der Waals surface area contributed by atoms with Gasteiger partial charge in [0.05, 0.1) is 6.10 Å². The third kappa shape index (κ3) is 5.40. The highest BCUT2D eigenvalue weighted by atomic mass is 28.4. The summed E-state index contributed by atoms with van der Waals surface area (Å²) in [5, 5.41) is 0. The SMILES string of the molecule is CC1=C(/C=C/C(C)=C/C=O)C(C)(C)CCC1O[Si](C)(C)C. The summed E-state index contributed by atoms with van der Waals surface area (Å²) in [7, 11) is -1.54. The molecule has 0 heterocycles. The molecule has 0 spiro atoms. The van der Waals surface area contributed by atoms with Crippen molar-refractivity contribution >= 4 is 14.6 Å². The van der Waals surface area contributed by atoms with E-state index in [9.17, 15) is 4.79 Å². The highest BCUT2D eigenvalue weighted by molar-refractivity contribution is 6.69. The smallest absolute Gasteiger partial charge is 0.184 e. The maximum Gasteiger partial charge on any atom is 0.184 e. The molecule has 1 aliphatic carbocycles. The zero-order valence-corrected chi connectivity index (χ0v) is 15.6. The fraction of sp³-hybridized carbons (Fsp3) is 0.611. The van der Waals surface area contributed by atoms with Gasteiger partial charge in [-0.25, -0.2) is 0 Å². The van der Waals surface area contributed by atoms with Crippen LogP contribution in [0.25, 0.3) is 0 Å². The molecule has 1 unspecified atom stereocenters. The number of rotatable bonds is 5. The van der Waals surface area contributed by atoms with Gasteiger partial charge in [0.25, 0.3) is 0 Å². The Morgan fingerprint density at radius 1 is 1.33 bits per heavy atom. The van der Waals surface area contributed by atoms with Crippen LogP contribution in [0.4, 0.5) is 0 Å². The second-order valence-electron chi connectivity index (χ2n) is 7.62. The van der Waals surface area contributed by atoms with Crippen molar-refractivity contribution in [3.8, 4) is 0 Å². The first kappa shape index (κ1) is 18.1. The summed E-state index contributed by atoms with van der Waals surface area (Å²) in [5.41, 5.74) is 3.86. The van der Waals surface area contributed by atoms with Crippen LogP contribution in [0.5, 0.6) is 0 Å². The van der Waals surface area contributed by atoms with Crippen molar-refractivity contribution in [2.75, 3.05) is 0 Å². The van der Waals surface area contributed by atoms with E-state index in [1.807, 2.05) is 13.0 Å². The maximum absolute atomic E-state index is 10.5. The second kappa shape index (κ2) is 6.88. The lowest BCUT2D eigenvalue weighted by atomic mass is 9.71. The molecule has 3 heteroatoms. The lowest BCUT2D eigenvalue weighted by Gasteiger charge is -2.39. The molecule has 118 valence electrons. The summed E-state index contributed by atoms with van der Waals surface area (Å²) < 4.78 is 6.35. The van der Waals surface area contributed by atoms with E-state index in [-0.39, 0.29) is 11.5 Å². The molecular weight excluding hydrogens is 276 g/mol. The fourth-order valence-electron chi connectivity index (χ4n) is 2.86. The van der Waals surface area contributed by atoms with Crippen molar-refractivity contribution in [2.45, 2.75) is 66.3 Å². The van der Waals surface area contributed by atoms with Crippen LogP contribution in [-0.2, 0) is 9.22 Å². The van der Waals surface area contributed by atoms with E-state index in [4.69, 9.17) is 4.43 Å². The summed E-state index contributed by atoms with van der Waals surface area (Å²) in [6.07, 6.45) is 9.12. The quantitative estimate of drug-likeness (QED) is 0.308. The molecule has 0 aromatic rings. The lowest BCUT2D eigenvalue weighted by molar-refractivity contribution is -0.104. The van der Waals surface area contributed by atoms with Gasteiger partial charge in [-0.05, 0) is 74.5 Å². The Bertz CT molecular complexity index is 476. The third-order valence-electron chi connectivity index (χ3n) is 4.01. The highest BCUT2D eigenvalue weighted by Crippen LogP contribution is 2.42. The summed E-state index contributed by atoms with van der Waals surface area (Å²) in [6.45, 7) is 15.5. The molecule has 0 saturated heterocycles. The lowest BCUT2D eigenvalue weighted by Crippen LogP contribution is -2.37. The number of carbonyl (C=O) groups excluding carboxylic acids is 1. The summed E-state index contributed by atoms with van der Waals surface area (Å²) in [6, 6.07) is 0. The maximum atomic E-state index is 10.5. The van der Waals surface area contributed by atoms with Gasteiger partial charge in [0.15, 0.2) is 8.32 Å². The molecule has 21 heavy (non-hydrogen) atoms. The summed E-state index contributed by atoms with van der Waals surface area (Å²) >= 11 is 0. The van der Waals surface area contributed by atoms with Gasteiger partial charge in [-0.15, -0.1) is 0 Å². The standard InChI is InChI=1S/C18H30O2Si/c1-14(11-13-19)8-9-16-15(2)17(20-21(5,6)7)10-12-18(16,3)4/h8-9,11,13,17H,10,12H2,1-7H3/b9-8+,14-11+. The summed E-state index contributed by atoms with van der Waals surface area (Å²) in [4.78, 5) is 10.5. The minimum atomic E-state index is -1.54. The van der Waals surface area contributed by atoms with Crippen LogP contribution in [0.15, 0.2) is 34.9 Å². The minimum absolute atomic E-state index is 0.168. The average Bonchev–Trinajstić information content (AvgIpc) is 2.31. The Balaban J connectivity index is 3.10. The molecule has 0 aliphatic heterocycles. The first-order chi connectivity index (χ1) is 9.57. The van der Waals surface area contributed by atoms with Gasteiger partial charge >= 0.3 is 0 Å². The van der Waals surface area contributed by atoms with Crippen molar-refractivity contribution in [2.24, 2.45) is 5.41 Å². The van der Waals surface area contributed by atoms with E-state index < -0.39 is 8.32 Å². The average molecular weight is 307 g/mol. The van der Waals surface area contributed by atoms with Crippen LogP contribution >= 0.6 is 0 Å². The summed E-state index contributed by atoms with van der Waals surface area (Å²) in [5.74, 6) is 0. The first-order valence-corrected chi connectivity index (χ1v) is 11.2. The van der Waals surface area contributed by atoms with Crippen molar-refractivity contribution in [3.63, 3.8) is 0 Å². The predicted octanol–water partition coefficient (Wildman–Crippen LogP) is 5.04. The fourth-order valence-corrected chi connectivity index (χ4v) is 4.01. The first-order valence-electron chi connectivity index (χ1n) is 7.76. The molecule has 0 aromatic heterocycles.